The van der Waals surface area contributed by atoms with Crippen molar-refractivity contribution in [3.8, 4) is 0 Å². The zero-order valence-corrected chi connectivity index (χ0v) is 11.2. The number of aromatic amines is 1. The van der Waals surface area contributed by atoms with E-state index in [2.05, 4.69) is 11.1 Å². The summed E-state index contributed by atoms with van der Waals surface area (Å²) < 4.78 is 1.71. The molecule has 3 nitrogen and oxygen atoms in total. The van der Waals surface area contributed by atoms with Crippen LogP contribution in [-0.2, 0) is 0 Å². The van der Waals surface area contributed by atoms with Gasteiger partial charge in [-0.2, -0.15) is 0 Å². The molecule has 94 valence electrons. The lowest BCUT2D eigenvalue weighted by Gasteiger charge is -2.13. The number of hydrogen-bond acceptors (Lipinski definition) is 1. The standard InChI is InChI=1S/C13H12Cl2N2O/c14-9-6-11-12(7-10(9)15)17(13(18)16-11)8-4-2-1-3-5-8/h4,6-7H,1-3,5H2,(H,16,18). The van der Waals surface area contributed by atoms with Crippen LogP contribution in [0.3, 0.4) is 0 Å². The van der Waals surface area contributed by atoms with E-state index in [1.54, 1.807) is 16.7 Å². The van der Waals surface area contributed by atoms with Crippen LogP contribution in [0.5, 0.6) is 0 Å². The monoisotopic (exact) mass is 282 g/mol. The lowest BCUT2D eigenvalue weighted by Crippen LogP contribution is -2.17. The molecular formula is C13H12Cl2N2O. The summed E-state index contributed by atoms with van der Waals surface area (Å²) in [6.45, 7) is 0. The third-order valence-electron chi connectivity index (χ3n) is 3.28. The summed E-state index contributed by atoms with van der Waals surface area (Å²) in [5.74, 6) is 0. The minimum absolute atomic E-state index is 0.128. The van der Waals surface area contributed by atoms with Crippen molar-refractivity contribution in [2.75, 3.05) is 0 Å². The van der Waals surface area contributed by atoms with Gasteiger partial charge in [0.2, 0.25) is 0 Å². The van der Waals surface area contributed by atoms with Gasteiger partial charge < -0.3 is 4.98 Å². The van der Waals surface area contributed by atoms with Crippen molar-refractivity contribution in [1.29, 1.82) is 0 Å². The molecule has 0 saturated carbocycles. The molecule has 0 aliphatic heterocycles. The highest BCUT2D eigenvalue weighted by Gasteiger charge is 2.14. The smallest absolute Gasteiger partial charge is 0.305 e. The third kappa shape index (κ3) is 1.88. The van der Waals surface area contributed by atoms with Gasteiger partial charge >= 0.3 is 5.69 Å². The predicted molar refractivity (Wildman–Crippen MR) is 75.3 cm³/mol. The van der Waals surface area contributed by atoms with Crippen LogP contribution in [0.25, 0.3) is 16.7 Å². The van der Waals surface area contributed by atoms with Gasteiger partial charge in [-0.05, 0) is 37.8 Å². The first-order valence-electron chi connectivity index (χ1n) is 5.96. The Hall–Kier alpha value is -1.19. The minimum atomic E-state index is -0.128. The van der Waals surface area contributed by atoms with Crippen molar-refractivity contribution in [3.05, 3.63) is 38.7 Å². The van der Waals surface area contributed by atoms with Crippen LogP contribution in [0.4, 0.5) is 0 Å². The minimum Gasteiger partial charge on any atom is -0.305 e. The molecule has 5 heteroatoms. The molecule has 0 amide bonds. The molecule has 0 fully saturated rings. The van der Waals surface area contributed by atoms with Crippen molar-refractivity contribution in [1.82, 2.24) is 9.55 Å². The SMILES string of the molecule is O=c1[nH]c2cc(Cl)c(Cl)cc2n1C1=CCCCC1. The van der Waals surface area contributed by atoms with E-state index < -0.39 is 0 Å². The van der Waals surface area contributed by atoms with Gasteiger partial charge in [-0.3, -0.25) is 4.57 Å². The van der Waals surface area contributed by atoms with Crippen LogP contribution in [0.2, 0.25) is 10.0 Å². The van der Waals surface area contributed by atoms with Gasteiger partial charge in [0.25, 0.3) is 0 Å². The summed E-state index contributed by atoms with van der Waals surface area (Å²) in [4.78, 5) is 14.9. The summed E-state index contributed by atoms with van der Waals surface area (Å²) in [7, 11) is 0. The van der Waals surface area contributed by atoms with E-state index >= 15 is 0 Å². The average molecular weight is 283 g/mol. The van der Waals surface area contributed by atoms with Gasteiger partial charge in [-0.25, -0.2) is 4.79 Å². The number of hydrogen-bond donors (Lipinski definition) is 1. The number of benzene rings is 1. The number of nitrogens with zero attached hydrogens (tertiary/aromatic N) is 1. The summed E-state index contributed by atoms with van der Waals surface area (Å²) >= 11 is 12.0. The lowest BCUT2D eigenvalue weighted by atomic mass is 10.0. The van der Waals surface area contributed by atoms with Crippen LogP contribution in [0.1, 0.15) is 25.7 Å². The first-order chi connectivity index (χ1) is 8.66. The van der Waals surface area contributed by atoms with Crippen LogP contribution in [0, 0.1) is 0 Å². The van der Waals surface area contributed by atoms with Crippen molar-refractivity contribution >= 4 is 39.9 Å². The number of rotatable bonds is 1. The predicted octanol–water partition coefficient (Wildman–Crippen LogP) is 4.05. The van der Waals surface area contributed by atoms with E-state index in [0.29, 0.717) is 10.0 Å². The van der Waals surface area contributed by atoms with E-state index in [0.717, 1.165) is 36.0 Å². The zero-order valence-electron chi connectivity index (χ0n) is 9.67. The Morgan fingerprint density at radius 1 is 1.17 bits per heavy atom. The van der Waals surface area contributed by atoms with Crippen LogP contribution in [0.15, 0.2) is 23.0 Å². The van der Waals surface area contributed by atoms with Gasteiger partial charge in [-0.1, -0.05) is 29.3 Å². The molecule has 0 bridgehead atoms. The van der Waals surface area contributed by atoms with E-state index in [-0.39, 0.29) is 5.69 Å². The Kier molecular flexibility index (Phi) is 2.96. The molecule has 0 radical (unpaired) electrons. The van der Waals surface area contributed by atoms with Gasteiger partial charge in [0.1, 0.15) is 0 Å². The zero-order chi connectivity index (χ0) is 12.7. The van der Waals surface area contributed by atoms with Crippen LogP contribution >= 0.6 is 23.2 Å². The maximum absolute atomic E-state index is 12.0. The molecule has 1 aliphatic rings. The highest BCUT2D eigenvalue weighted by molar-refractivity contribution is 6.42. The van der Waals surface area contributed by atoms with Gasteiger partial charge in [0.05, 0.1) is 21.1 Å². The molecule has 0 unspecified atom stereocenters. The molecule has 18 heavy (non-hydrogen) atoms. The highest BCUT2D eigenvalue weighted by atomic mass is 35.5. The Morgan fingerprint density at radius 2 is 1.94 bits per heavy atom. The number of H-pyrrole nitrogens is 1. The molecule has 0 saturated heterocycles. The van der Waals surface area contributed by atoms with Crippen LogP contribution in [-0.4, -0.2) is 9.55 Å². The number of fused-ring (bicyclic) bond motifs is 1. The Labute approximate surface area is 114 Å². The number of imidazole rings is 1. The summed E-state index contributed by atoms with van der Waals surface area (Å²) in [5, 5.41) is 0.920. The van der Waals surface area contributed by atoms with Crippen molar-refractivity contribution in [2.45, 2.75) is 25.7 Å². The highest BCUT2D eigenvalue weighted by Crippen LogP contribution is 2.29. The molecule has 1 aromatic heterocycles. The largest absolute Gasteiger partial charge is 0.330 e. The first kappa shape index (κ1) is 11.9. The lowest BCUT2D eigenvalue weighted by molar-refractivity contribution is 0.716. The molecule has 1 aromatic carbocycles. The van der Waals surface area contributed by atoms with E-state index in [9.17, 15) is 4.79 Å². The molecule has 2 aromatic rings. The van der Waals surface area contributed by atoms with E-state index in [1.165, 1.54) is 6.42 Å². The Morgan fingerprint density at radius 3 is 2.67 bits per heavy atom. The second kappa shape index (κ2) is 4.48. The number of halogens is 2. The Bertz CT molecular complexity index is 697. The maximum Gasteiger partial charge on any atom is 0.330 e. The summed E-state index contributed by atoms with van der Waals surface area (Å²) in [6, 6.07) is 3.44. The fourth-order valence-electron chi connectivity index (χ4n) is 2.41. The second-order valence-electron chi connectivity index (χ2n) is 4.49. The second-order valence-corrected chi connectivity index (χ2v) is 5.30. The molecule has 3 rings (SSSR count). The van der Waals surface area contributed by atoms with Crippen molar-refractivity contribution in [2.24, 2.45) is 0 Å². The van der Waals surface area contributed by atoms with Gasteiger partial charge in [0.15, 0.2) is 0 Å². The number of aromatic nitrogens is 2. The summed E-state index contributed by atoms with van der Waals surface area (Å²) in [6.07, 6.45) is 6.38. The molecular weight excluding hydrogens is 271 g/mol. The summed E-state index contributed by atoms with van der Waals surface area (Å²) in [5.41, 5.74) is 2.44. The normalized spacial score (nSPS) is 16.0. The van der Waals surface area contributed by atoms with Gasteiger partial charge in [-0.15, -0.1) is 0 Å². The molecule has 1 aliphatic carbocycles. The number of allylic oxidation sites excluding steroid dienone is 2. The van der Waals surface area contributed by atoms with E-state index in [4.69, 9.17) is 23.2 Å². The molecule has 1 N–H and O–H groups in total. The molecule has 0 spiro atoms. The molecule has 0 atom stereocenters. The van der Waals surface area contributed by atoms with Gasteiger partial charge in [0, 0.05) is 5.70 Å². The fourth-order valence-corrected chi connectivity index (χ4v) is 2.73. The quantitative estimate of drug-likeness (QED) is 0.842. The average Bonchev–Trinajstić information content (AvgIpc) is 2.66. The fraction of sp³-hybridized carbons (Fsp3) is 0.308. The topological polar surface area (TPSA) is 37.8 Å². The Balaban J connectivity index is 2.28. The van der Waals surface area contributed by atoms with Crippen LogP contribution < -0.4 is 5.69 Å². The molecule has 1 heterocycles. The number of nitrogens with one attached hydrogen (secondary N) is 1. The van der Waals surface area contributed by atoms with Crippen molar-refractivity contribution in [3.63, 3.8) is 0 Å². The van der Waals surface area contributed by atoms with Crippen molar-refractivity contribution < 1.29 is 0 Å². The maximum atomic E-state index is 12.0. The van der Waals surface area contributed by atoms with E-state index in [1.807, 2.05) is 0 Å². The third-order valence-corrected chi connectivity index (χ3v) is 4.00. The first-order valence-corrected chi connectivity index (χ1v) is 6.71.